The number of halogens is 1. The summed E-state index contributed by atoms with van der Waals surface area (Å²) < 4.78 is 0. The van der Waals surface area contributed by atoms with Gasteiger partial charge in [-0.25, -0.2) is 0 Å². The van der Waals surface area contributed by atoms with E-state index in [1.807, 2.05) is 4.90 Å². The van der Waals surface area contributed by atoms with E-state index in [4.69, 9.17) is 16.9 Å². The van der Waals surface area contributed by atoms with Crippen LogP contribution in [0.2, 0.25) is 5.02 Å². The average molecular weight is 309 g/mol. The zero-order chi connectivity index (χ0) is 15.4. The van der Waals surface area contributed by atoms with Crippen molar-refractivity contribution < 1.29 is 9.72 Å². The number of rotatable bonds is 3. The van der Waals surface area contributed by atoms with Crippen molar-refractivity contribution in [2.75, 3.05) is 32.7 Å². The zero-order valence-corrected chi connectivity index (χ0v) is 11.9. The number of hydrogen-bond acceptors (Lipinski definition) is 5. The summed E-state index contributed by atoms with van der Waals surface area (Å²) in [5.41, 5.74) is -0.0227. The third kappa shape index (κ3) is 3.48. The summed E-state index contributed by atoms with van der Waals surface area (Å²) in [4.78, 5) is 26.2. The number of non-ortho nitro benzene ring substituents is 1. The van der Waals surface area contributed by atoms with Gasteiger partial charge in [0.15, 0.2) is 0 Å². The third-order valence-electron chi connectivity index (χ3n) is 3.34. The fourth-order valence-electron chi connectivity index (χ4n) is 2.17. The van der Waals surface area contributed by atoms with Crippen LogP contribution in [0.3, 0.4) is 0 Å². The number of piperazine rings is 1. The van der Waals surface area contributed by atoms with Crippen LogP contribution in [0.4, 0.5) is 5.69 Å². The molecule has 1 aromatic rings. The Kier molecular flexibility index (Phi) is 4.73. The van der Waals surface area contributed by atoms with E-state index in [0.29, 0.717) is 32.7 Å². The van der Waals surface area contributed by atoms with Crippen LogP contribution in [0, 0.1) is 21.4 Å². The molecule has 0 aromatic heterocycles. The summed E-state index contributed by atoms with van der Waals surface area (Å²) in [6, 6.07) is 5.90. The molecule has 0 saturated carbocycles. The number of nitrogens with zero attached hydrogens (tertiary/aromatic N) is 4. The first-order valence-electron chi connectivity index (χ1n) is 6.35. The highest BCUT2D eigenvalue weighted by molar-refractivity contribution is 6.33. The Balaban J connectivity index is 2.12. The molecule has 0 atom stereocenters. The quantitative estimate of drug-likeness (QED) is 0.480. The first kappa shape index (κ1) is 15.2. The van der Waals surface area contributed by atoms with Crippen LogP contribution in [-0.4, -0.2) is 53.4 Å². The summed E-state index contributed by atoms with van der Waals surface area (Å²) >= 11 is 5.97. The molecule has 0 N–H and O–H groups in total. The van der Waals surface area contributed by atoms with Crippen LogP contribution in [0.15, 0.2) is 18.2 Å². The zero-order valence-electron chi connectivity index (χ0n) is 11.2. The molecule has 2 rings (SSSR count). The first-order valence-corrected chi connectivity index (χ1v) is 6.73. The molecule has 21 heavy (non-hydrogen) atoms. The van der Waals surface area contributed by atoms with Gasteiger partial charge in [0.2, 0.25) is 0 Å². The maximum atomic E-state index is 12.4. The molecule has 8 heteroatoms. The molecule has 1 aromatic carbocycles. The minimum absolute atomic E-state index is 0.139. The van der Waals surface area contributed by atoms with E-state index in [1.165, 1.54) is 18.2 Å². The van der Waals surface area contributed by atoms with Crippen LogP contribution in [0.5, 0.6) is 0 Å². The van der Waals surface area contributed by atoms with Crippen LogP contribution < -0.4 is 0 Å². The van der Waals surface area contributed by atoms with E-state index in [2.05, 4.69) is 6.07 Å². The van der Waals surface area contributed by atoms with Crippen LogP contribution in [0.25, 0.3) is 0 Å². The molecule has 110 valence electrons. The first-order chi connectivity index (χ1) is 10.0. The average Bonchev–Trinajstić information content (AvgIpc) is 2.48. The van der Waals surface area contributed by atoms with Crippen LogP contribution in [-0.2, 0) is 0 Å². The molecule has 0 bridgehead atoms. The Morgan fingerprint density at radius 3 is 2.62 bits per heavy atom. The second-order valence-electron chi connectivity index (χ2n) is 4.65. The minimum Gasteiger partial charge on any atom is -0.336 e. The Labute approximate surface area is 126 Å². The monoisotopic (exact) mass is 308 g/mol. The van der Waals surface area contributed by atoms with Gasteiger partial charge in [-0.3, -0.25) is 19.8 Å². The molecule has 0 aliphatic carbocycles. The minimum atomic E-state index is -0.558. The highest BCUT2D eigenvalue weighted by Gasteiger charge is 2.24. The molecule has 0 unspecified atom stereocenters. The summed E-state index contributed by atoms with van der Waals surface area (Å²) in [5.74, 6) is -0.319. The lowest BCUT2D eigenvalue weighted by Gasteiger charge is -2.33. The molecule has 0 spiro atoms. The van der Waals surface area contributed by atoms with Gasteiger partial charge in [0.1, 0.15) is 0 Å². The van der Waals surface area contributed by atoms with Crippen molar-refractivity contribution in [3.63, 3.8) is 0 Å². The Bertz CT molecular complexity index is 606. The summed E-state index contributed by atoms with van der Waals surface area (Å²) in [6.07, 6.45) is 0. The topological polar surface area (TPSA) is 90.5 Å². The molecule has 1 aliphatic heterocycles. The molecule has 1 aliphatic rings. The standard InChI is InChI=1S/C13H13ClN4O3/c14-12-2-1-10(18(20)21)9-11(12)13(19)17-7-5-16(4-3-15)6-8-17/h1-2,9H,4-8H2. The highest BCUT2D eigenvalue weighted by Crippen LogP contribution is 2.23. The Morgan fingerprint density at radius 2 is 2.05 bits per heavy atom. The van der Waals surface area contributed by atoms with Gasteiger partial charge >= 0.3 is 0 Å². The van der Waals surface area contributed by atoms with Crippen LogP contribution in [0.1, 0.15) is 10.4 Å². The van der Waals surface area contributed by atoms with Crippen molar-refractivity contribution in [3.8, 4) is 6.07 Å². The maximum Gasteiger partial charge on any atom is 0.270 e. The number of carbonyl (C=O) groups is 1. The lowest BCUT2D eigenvalue weighted by atomic mass is 10.1. The summed E-state index contributed by atoms with van der Waals surface area (Å²) in [7, 11) is 0. The van der Waals surface area contributed by atoms with E-state index >= 15 is 0 Å². The van der Waals surface area contributed by atoms with Crippen molar-refractivity contribution in [1.82, 2.24) is 9.80 Å². The molecule has 7 nitrogen and oxygen atoms in total. The van der Waals surface area contributed by atoms with Crippen molar-refractivity contribution in [2.45, 2.75) is 0 Å². The van der Waals surface area contributed by atoms with E-state index in [1.54, 1.807) is 4.90 Å². The van der Waals surface area contributed by atoms with Gasteiger partial charge in [-0.2, -0.15) is 5.26 Å². The number of nitro groups is 1. The molecule has 1 heterocycles. The summed E-state index contributed by atoms with van der Waals surface area (Å²) in [5, 5.41) is 19.6. The van der Waals surface area contributed by atoms with Gasteiger partial charge in [-0.05, 0) is 6.07 Å². The van der Waals surface area contributed by atoms with E-state index in [9.17, 15) is 14.9 Å². The Morgan fingerprint density at radius 1 is 1.38 bits per heavy atom. The lowest BCUT2D eigenvalue weighted by molar-refractivity contribution is -0.384. The van der Waals surface area contributed by atoms with Gasteiger partial charge in [-0.15, -0.1) is 0 Å². The second kappa shape index (κ2) is 6.52. The van der Waals surface area contributed by atoms with E-state index in [0.717, 1.165) is 0 Å². The maximum absolute atomic E-state index is 12.4. The fourth-order valence-corrected chi connectivity index (χ4v) is 2.37. The van der Waals surface area contributed by atoms with Crippen molar-refractivity contribution in [3.05, 3.63) is 38.9 Å². The van der Waals surface area contributed by atoms with Gasteiger partial charge in [0, 0.05) is 38.3 Å². The SMILES string of the molecule is N#CCN1CCN(C(=O)c2cc([N+](=O)[O-])ccc2Cl)CC1. The predicted molar refractivity (Wildman–Crippen MR) is 76.1 cm³/mol. The predicted octanol–water partition coefficient (Wildman–Crippen LogP) is 1.53. The fraction of sp³-hybridized carbons (Fsp3) is 0.385. The number of benzene rings is 1. The number of nitro benzene ring substituents is 1. The Hall–Kier alpha value is -2.17. The normalized spacial score (nSPS) is 15.5. The van der Waals surface area contributed by atoms with Gasteiger partial charge < -0.3 is 4.90 Å². The number of amides is 1. The van der Waals surface area contributed by atoms with E-state index in [-0.39, 0.29) is 22.2 Å². The summed E-state index contributed by atoms with van der Waals surface area (Å²) in [6.45, 7) is 2.48. The number of hydrogen-bond donors (Lipinski definition) is 0. The highest BCUT2D eigenvalue weighted by atomic mass is 35.5. The molecular formula is C13H13ClN4O3. The van der Waals surface area contributed by atoms with Crippen molar-refractivity contribution in [1.29, 1.82) is 5.26 Å². The second-order valence-corrected chi connectivity index (χ2v) is 5.05. The van der Waals surface area contributed by atoms with Gasteiger partial charge in [0.05, 0.1) is 28.1 Å². The molecule has 1 fully saturated rings. The van der Waals surface area contributed by atoms with Crippen molar-refractivity contribution in [2.24, 2.45) is 0 Å². The van der Waals surface area contributed by atoms with E-state index < -0.39 is 4.92 Å². The van der Waals surface area contributed by atoms with Crippen LogP contribution >= 0.6 is 11.6 Å². The van der Waals surface area contributed by atoms with Gasteiger partial charge in [-0.1, -0.05) is 11.6 Å². The van der Waals surface area contributed by atoms with Gasteiger partial charge in [0.25, 0.3) is 11.6 Å². The largest absolute Gasteiger partial charge is 0.336 e. The lowest BCUT2D eigenvalue weighted by Crippen LogP contribution is -2.48. The molecule has 1 saturated heterocycles. The smallest absolute Gasteiger partial charge is 0.270 e. The molecular weight excluding hydrogens is 296 g/mol. The third-order valence-corrected chi connectivity index (χ3v) is 3.67. The molecule has 1 amide bonds. The molecule has 0 radical (unpaired) electrons. The number of carbonyl (C=O) groups excluding carboxylic acids is 1. The number of nitriles is 1. The van der Waals surface area contributed by atoms with Crippen molar-refractivity contribution >= 4 is 23.2 Å².